The van der Waals surface area contributed by atoms with E-state index in [2.05, 4.69) is 5.18 Å². The van der Waals surface area contributed by atoms with Gasteiger partial charge in [0.1, 0.15) is 6.04 Å². The van der Waals surface area contributed by atoms with E-state index in [0.717, 1.165) is 0 Å². The molecule has 1 atom stereocenters. The van der Waals surface area contributed by atoms with Crippen LogP contribution in [0, 0.1) is 4.91 Å². The number of aliphatic carboxylic acids is 1. The van der Waals surface area contributed by atoms with Gasteiger partial charge in [-0.2, -0.15) is 4.91 Å². The maximum Gasteiger partial charge on any atom is 1.00 e. The summed E-state index contributed by atoms with van der Waals surface area (Å²) in [5.74, 6) is -1.41. The first-order valence-corrected chi connectivity index (χ1v) is 3.45. The first-order chi connectivity index (χ1) is 5.22. The molecule has 0 spiro atoms. The summed E-state index contributed by atoms with van der Waals surface area (Å²) in [6, 6.07) is -1.21. The number of carboxylic acid groups (broad SMARTS) is 1. The number of rotatable bonds is 6. The van der Waals surface area contributed by atoms with E-state index in [1.165, 1.54) is 0 Å². The van der Waals surface area contributed by atoms with Crippen LogP contribution in [0.2, 0.25) is 0 Å². The minimum atomic E-state index is -1.41. The standard InChI is InChI=1S/C6H12N2O3.Na/c7-4-2-1-3-5(8-11)6(9)10;/h5H,1-4,7H2,(H,9,10);/q;+1/p-1/t5-;/m0./s1. The Morgan fingerprint density at radius 1 is 1.50 bits per heavy atom. The minimum Gasteiger partial charge on any atom is -0.548 e. The topological polar surface area (TPSA) is 95.6 Å². The predicted molar refractivity (Wildman–Crippen MR) is 37.5 cm³/mol. The molecule has 12 heavy (non-hydrogen) atoms. The largest absolute Gasteiger partial charge is 1.00 e. The average molecular weight is 182 g/mol. The maximum absolute atomic E-state index is 10.1. The number of unbranched alkanes of at least 4 members (excludes halogenated alkanes) is 1. The number of carbonyl (C=O) groups excluding carboxylic acids is 1. The Kier molecular flexibility index (Phi) is 11.1. The van der Waals surface area contributed by atoms with E-state index in [1.54, 1.807) is 0 Å². The molecule has 64 valence electrons. The summed E-state index contributed by atoms with van der Waals surface area (Å²) in [6.07, 6.45) is 1.53. The predicted octanol–water partition coefficient (Wildman–Crippen LogP) is -4.00. The van der Waals surface area contributed by atoms with Crippen LogP contribution in [0.15, 0.2) is 5.18 Å². The summed E-state index contributed by atoms with van der Waals surface area (Å²) in [7, 11) is 0. The van der Waals surface area contributed by atoms with E-state index in [1.807, 2.05) is 0 Å². The van der Waals surface area contributed by atoms with Crippen LogP contribution in [0.3, 0.4) is 0 Å². The van der Waals surface area contributed by atoms with Gasteiger partial charge in [0.05, 0.1) is 5.97 Å². The Balaban J connectivity index is 0. The molecule has 0 aliphatic rings. The van der Waals surface area contributed by atoms with Crippen molar-refractivity contribution in [3.8, 4) is 0 Å². The van der Waals surface area contributed by atoms with Gasteiger partial charge in [0.25, 0.3) is 0 Å². The molecule has 0 rings (SSSR count). The van der Waals surface area contributed by atoms with Crippen LogP contribution in [-0.4, -0.2) is 18.6 Å². The van der Waals surface area contributed by atoms with Crippen LogP contribution in [0.25, 0.3) is 0 Å². The molecule has 0 saturated carbocycles. The zero-order valence-electron chi connectivity index (χ0n) is 7.16. The number of hydrogen-bond acceptors (Lipinski definition) is 5. The van der Waals surface area contributed by atoms with Crippen LogP contribution in [0.4, 0.5) is 0 Å². The molecule has 0 aliphatic carbocycles. The van der Waals surface area contributed by atoms with Gasteiger partial charge < -0.3 is 15.6 Å². The van der Waals surface area contributed by atoms with E-state index in [4.69, 9.17) is 5.73 Å². The first kappa shape index (κ1) is 14.5. The van der Waals surface area contributed by atoms with Gasteiger partial charge in [0, 0.05) is 0 Å². The molecule has 0 aliphatic heterocycles. The van der Waals surface area contributed by atoms with E-state index < -0.39 is 12.0 Å². The maximum atomic E-state index is 10.1. The average Bonchev–Trinajstić information content (AvgIpc) is 1.97. The van der Waals surface area contributed by atoms with Crippen molar-refractivity contribution in [1.29, 1.82) is 0 Å². The zero-order valence-corrected chi connectivity index (χ0v) is 9.16. The second kappa shape index (κ2) is 9.12. The summed E-state index contributed by atoms with van der Waals surface area (Å²) < 4.78 is 0. The minimum absolute atomic E-state index is 0. The van der Waals surface area contributed by atoms with Gasteiger partial charge in [-0.15, -0.1) is 0 Å². The molecule has 0 radical (unpaired) electrons. The Morgan fingerprint density at radius 2 is 2.08 bits per heavy atom. The smallest absolute Gasteiger partial charge is 0.548 e. The Hall–Kier alpha value is 0.0300. The Bertz CT molecular complexity index is 143. The van der Waals surface area contributed by atoms with Gasteiger partial charge in [0.15, 0.2) is 0 Å². The van der Waals surface area contributed by atoms with Crippen molar-refractivity contribution in [2.24, 2.45) is 10.9 Å². The van der Waals surface area contributed by atoms with Gasteiger partial charge in [0.2, 0.25) is 0 Å². The summed E-state index contributed by atoms with van der Waals surface area (Å²) in [5.41, 5.74) is 5.16. The van der Waals surface area contributed by atoms with Crippen LogP contribution in [0.1, 0.15) is 19.3 Å². The third-order valence-electron chi connectivity index (χ3n) is 1.33. The molecular weight excluding hydrogens is 171 g/mol. The molecule has 0 heterocycles. The summed E-state index contributed by atoms with van der Waals surface area (Å²) in [6.45, 7) is 0.499. The van der Waals surface area contributed by atoms with Crippen LogP contribution >= 0.6 is 0 Å². The van der Waals surface area contributed by atoms with Crippen molar-refractivity contribution in [1.82, 2.24) is 0 Å². The van der Waals surface area contributed by atoms with Gasteiger partial charge in [-0.1, -0.05) is 5.18 Å². The van der Waals surface area contributed by atoms with Crippen LogP contribution < -0.4 is 40.4 Å². The van der Waals surface area contributed by atoms with E-state index in [9.17, 15) is 14.8 Å². The van der Waals surface area contributed by atoms with Crippen molar-refractivity contribution in [2.75, 3.05) is 6.54 Å². The van der Waals surface area contributed by atoms with Crippen molar-refractivity contribution in [3.05, 3.63) is 4.91 Å². The normalized spacial score (nSPS) is 11.4. The molecule has 6 heteroatoms. The Morgan fingerprint density at radius 3 is 2.42 bits per heavy atom. The zero-order chi connectivity index (χ0) is 8.69. The third kappa shape index (κ3) is 6.72. The quantitative estimate of drug-likeness (QED) is 0.257. The van der Waals surface area contributed by atoms with Crippen molar-refractivity contribution in [2.45, 2.75) is 25.3 Å². The molecule has 0 saturated heterocycles. The fraction of sp³-hybridized carbons (Fsp3) is 0.833. The van der Waals surface area contributed by atoms with Crippen molar-refractivity contribution >= 4 is 5.97 Å². The van der Waals surface area contributed by atoms with Gasteiger partial charge in [-0.3, -0.25) is 0 Å². The number of hydrogen-bond donors (Lipinski definition) is 1. The molecule has 0 unspecified atom stereocenters. The fourth-order valence-corrected chi connectivity index (χ4v) is 0.696. The molecular formula is C6H11N2NaO3. The van der Waals surface area contributed by atoms with Crippen LogP contribution in [0.5, 0.6) is 0 Å². The van der Waals surface area contributed by atoms with Gasteiger partial charge in [-0.25, -0.2) is 0 Å². The molecule has 0 bridgehead atoms. The number of carboxylic acids is 1. The van der Waals surface area contributed by atoms with Crippen molar-refractivity contribution in [3.63, 3.8) is 0 Å². The van der Waals surface area contributed by atoms with Gasteiger partial charge >= 0.3 is 29.6 Å². The molecule has 0 aromatic rings. The fourth-order valence-electron chi connectivity index (χ4n) is 0.696. The number of nitroso groups, excluding NO2 is 1. The summed E-state index contributed by atoms with van der Waals surface area (Å²) in [5, 5.41) is 12.5. The number of carbonyl (C=O) groups is 1. The summed E-state index contributed by atoms with van der Waals surface area (Å²) in [4.78, 5) is 19.9. The molecule has 0 aromatic heterocycles. The van der Waals surface area contributed by atoms with Crippen LogP contribution in [-0.2, 0) is 4.79 Å². The van der Waals surface area contributed by atoms with E-state index in [-0.39, 0.29) is 36.0 Å². The number of nitrogens with zero attached hydrogens (tertiary/aromatic N) is 1. The molecule has 0 fully saturated rings. The van der Waals surface area contributed by atoms with E-state index >= 15 is 0 Å². The second-order valence-electron chi connectivity index (χ2n) is 2.22. The van der Waals surface area contributed by atoms with Gasteiger partial charge in [-0.05, 0) is 25.8 Å². The molecule has 5 nitrogen and oxygen atoms in total. The number of nitrogens with two attached hydrogens (primary N) is 1. The molecule has 0 aromatic carbocycles. The third-order valence-corrected chi connectivity index (χ3v) is 1.33. The summed E-state index contributed by atoms with van der Waals surface area (Å²) >= 11 is 0. The monoisotopic (exact) mass is 182 g/mol. The molecule has 0 amide bonds. The SMILES string of the molecule is NCCCC[C@H](N=O)C(=O)[O-].[Na+]. The Labute approximate surface area is 93.0 Å². The van der Waals surface area contributed by atoms with Crippen molar-refractivity contribution < 1.29 is 39.5 Å². The molecule has 2 N–H and O–H groups in total. The second-order valence-corrected chi connectivity index (χ2v) is 2.22. The van der Waals surface area contributed by atoms with E-state index in [0.29, 0.717) is 19.4 Å². The first-order valence-electron chi connectivity index (χ1n) is 3.45.